The van der Waals surface area contributed by atoms with Crippen LogP contribution in [0.25, 0.3) is 0 Å². The number of nitrogens with zero attached hydrogens (tertiary/aromatic N) is 1. The van der Waals surface area contributed by atoms with Gasteiger partial charge < -0.3 is 5.73 Å². The molecule has 0 fully saturated rings. The van der Waals surface area contributed by atoms with Crippen LogP contribution in [0, 0.1) is 0 Å². The van der Waals surface area contributed by atoms with Crippen molar-refractivity contribution in [2.45, 2.75) is 5.16 Å². The molecule has 0 aromatic heterocycles. The molecule has 1 amide bonds. The topological polar surface area (TPSA) is 55.5 Å². The Kier molecular flexibility index (Phi) is 2.05. The molecule has 1 heterocycles. The Morgan fingerprint density at radius 2 is 2.18 bits per heavy atom. The Hall–Kier alpha value is -1.16. The van der Waals surface area contributed by atoms with E-state index in [1.54, 1.807) is 24.4 Å². The number of carbonyl (C=O) groups is 1. The fraction of sp³-hybridized carbons (Fsp3) is 0.143. The maximum Gasteiger partial charge on any atom is 0.244 e. The average Bonchev–Trinajstić information content (AvgIpc) is 2.15. The van der Waals surface area contributed by atoms with Gasteiger partial charge in [0.2, 0.25) is 5.91 Å². The van der Waals surface area contributed by atoms with Crippen molar-refractivity contribution in [1.29, 1.82) is 0 Å². The second-order valence-corrected chi connectivity index (χ2v) is 4.06. The normalized spacial score (nSPS) is 28.7. The lowest BCUT2D eigenvalue weighted by molar-refractivity contribution is -0.119. The minimum absolute atomic E-state index is 0.375. The van der Waals surface area contributed by atoms with Crippen molar-refractivity contribution in [2.24, 2.45) is 10.7 Å². The fourth-order valence-corrected chi connectivity index (χ4v) is 1.08. The van der Waals surface area contributed by atoms with E-state index in [0.717, 1.165) is 0 Å². The number of allylic oxidation sites excluding steroid dienone is 3. The maximum absolute atomic E-state index is 10.9. The third kappa shape index (κ3) is 1.65. The average molecular weight is 166 g/mol. The molecule has 0 aromatic rings. The standard InChI is InChI=1S/C7H10N2OSi/c8-6(10)7(11)4-2-1-3-5-9-7/h1-5H,11H3,(H2,8,10). The summed E-state index contributed by atoms with van der Waals surface area (Å²) in [4.78, 5) is 14.9. The van der Waals surface area contributed by atoms with Gasteiger partial charge in [0.1, 0.15) is 5.16 Å². The van der Waals surface area contributed by atoms with E-state index >= 15 is 0 Å². The monoisotopic (exact) mass is 166 g/mol. The van der Waals surface area contributed by atoms with E-state index in [9.17, 15) is 4.79 Å². The van der Waals surface area contributed by atoms with Crippen LogP contribution in [0.4, 0.5) is 0 Å². The number of nitrogens with two attached hydrogens (primary N) is 1. The molecule has 1 aliphatic heterocycles. The first kappa shape index (κ1) is 7.94. The van der Waals surface area contributed by atoms with Crippen LogP contribution >= 0.6 is 0 Å². The second kappa shape index (κ2) is 2.83. The molecule has 1 rings (SSSR count). The van der Waals surface area contributed by atoms with Crippen LogP contribution in [-0.4, -0.2) is 27.5 Å². The Bertz CT molecular complexity index is 239. The van der Waals surface area contributed by atoms with Crippen molar-refractivity contribution in [3.05, 3.63) is 24.3 Å². The SMILES string of the molecule is NC(=O)C1([SiH3])C=CC=CC=N1. The van der Waals surface area contributed by atoms with Crippen molar-refractivity contribution >= 4 is 22.4 Å². The highest BCUT2D eigenvalue weighted by atomic mass is 28.1. The highest BCUT2D eigenvalue weighted by Crippen LogP contribution is 2.08. The predicted octanol–water partition coefficient (Wildman–Crippen LogP) is -1.27. The Balaban J connectivity index is 2.96. The van der Waals surface area contributed by atoms with Crippen molar-refractivity contribution in [3.63, 3.8) is 0 Å². The molecule has 1 aliphatic rings. The Morgan fingerprint density at radius 1 is 1.45 bits per heavy atom. The zero-order chi connectivity index (χ0) is 8.32. The summed E-state index contributed by atoms with van der Waals surface area (Å²) in [7, 11) is 0.613. The molecule has 0 aliphatic carbocycles. The molecular weight excluding hydrogens is 156 g/mol. The lowest BCUT2D eigenvalue weighted by Crippen LogP contribution is -2.40. The summed E-state index contributed by atoms with van der Waals surface area (Å²) < 4.78 is 0. The summed E-state index contributed by atoms with van der Waals surface area (Å²) in [6, 6.07) is 0. The van der Waals surface area contributed by atoms with Crippen LogP contribution in [0.2, 0.25) is 0 Å². The van der Waals surface area contributed by atoms with Gasteiger partial charge in [-0.2, -0.15) is 0 Å². The van der Waals surface area contributed by atoms with Crippen LogP contribution < -0.4 is 5.73 Å². The van der Waals surface area contributed by atoms with Crippen molar-refractivity contribution in [3.8, 4) is 0 Å². The molecule has 0 spiro atoms. The molecule has 1 unspecified atom stereocenters. The molecule has 2 N–H and O–H groups in total. The quantitative estimate of drug-likeness (QED) is 0.485. The Labute approximate surface area is 68.1 Å². The molecule has 0 radical (unpaired) electrons. The van der Waals surface area contributed by atoms with Crippen LogP contribution in [0.1, 0.15) is 0 Å². The van der Waals surface area contributed by atoms with E-state index < -0.39 is 5.16 Å². The predicted molar refractivity (Wildman–Crippen MR) is 48.6 cm³/mol. The number of hydrogen-bond acceptors (Lipinski definition) is 2. The third-order valence-corrected chi connectivity index (χ3v) is 2.65. The Morgan fingerprint density at radius 3 is 2.82 bits per heavy atom. The molecule has 4 heteroatoms. The van der Waals surface area contributed by atoms with Gasteiger partial charge in [-0.1, -0.05) is 18.2 Å². The summed E-state index contributed by atoms with van der Waals surface area (Å²) in [5.41, 5.74) is 5.17. The van der Waals surface area contributed by atoms with Crippen LogP contribution in [0.15, 0.2) is 29.3 Å². The molecule has 1 atom stereocenters. The number of carbonyl (C=O) groups excluding carboxylic acids is 1. The molecule has 0 saturated heterocycles. The molecule has 0 saturated carbocycles. The van der Waals surface area contributed by atoms with Crippen molar-refractivity contribution in [2.75, 3.05) is 0 Å². The summed E-state index contributed by atoms with van der Waals surface area (Å²) in [5, 5.41) is -0.733. The molecule has 3 nitrogen and oxygen atoms in total. The molecule has 0 bridgehead atoms. The smallest absolute Gasteiger partial charge is 0.244 e. The highest BCUT2D eigenvalue weighted by Gasteiger charge is 2.25. The summed E-state index contributed by atoms with van der Waals surface area (Å²) >= 11 is 0. The number of hydrogen-bond donors (Lipinski definition) is 1. The lowest BCUT2D eigenvalue weighted by atomic mass is 10.2. The summed E-state index contributed by atoms with van der Waals surface area (Å²) in [6.07, 6.45) is 8.75. The van der Waals surface area contributed by atoms with Crippen LogP contribution in [0.3, 0.4) is 0 Å². The minimum Gasteiger partial charge on any atom is -0.368 e. The lowest BCUT2D eigenvalue weighted by Gasteiger charge is -2.14. The largest absolute Gasteiger partial charge is 0.368 e. The molecule has 58 valence electrons. The van der Waals surface area contributed by atoms with Gasteiger partial charge in [0, 0.05) is 6.21 Å². The van der Waals surface area contributed by atoms with Crippen LogP contribution in [-0.2, 0) is 4.79 Å². The number of amides is 1. The van der Waals surface area contributed by atoms with Gasteiger partial charge in [0.25, 0.3) is 0 Å². The van der Waals surface area contributed by atoms with Crippen LogP contribution in [0.5, 0.6) is 0 Å². The van der Waals surface area contributed by atoms with Gasteiger partial charge in [0.05, 0.1) is 10.2 Å². The number of rotatable bonds is 1. The summed E-state index contributed by atoms with van der Waals surface area (Å²) in [6.45, 7) is 0. The first-order valence-corrected chi connectivity index (χ1v) is 4.35. The third-order valence-electron chi connectivity index (χ3n) is 1.57. The maximum atomic E-state index is 10.9. The number of primary amides is 1. The van der Waals surface area contributed by atoms with E-state index in [1.807, 2.05) is 6.08 Å². The first-order valence-electron chi connectivity index (χ1n) is 3.35. The van der Waals surface area contributed by atoms with Gasteiger partial charge in [-0.05, 0) is 6.08 Å². The van der Waals surface area contributed by atoms with Gasteiger partial charge in [-0.25, -0.2) is 0 Å². The van der Waals surface area contributed by atoms with E-state index in [2.05, 4.69) is 4.99 Å². The molecule has 0 aromatic carbocycles. The zero-order valence-corrected chi connectivity index (χ0v) is 8.32. The first-order chi connectivity index (χ1) is 5.15. The summed E-state index contributed by atoms with van der Waals surface area (Å²) in [5.74, 6) is -0.375. The van der Waals surface area contributed by atoms with Gasteiger partial charge in [-0.15, -0.1) is 0 Å². The van der Waals surface area contributed by atoms with Gasteiger partial charge in [0.15, 0.2) is 0 Å². The van der Waals surface area contributed by atoms with Gasteiger partial charge in [-0.3, -0.25) is 9.79 Å². The zero-order valence-electron chi connectivity index (χ0n) is 6.32. The van der Waals surface area contributed by atoms with E-state index in [4.69, 9.17) is 5.73 Å². The minimum atomic E-state index is -0.733. The molecule has 11 heavy (non-hydrogen) atoms. The van der Waals surface area contributed by atoms with Crippen molar-refractivity contribution in [1.82, 2.24) is 0 Å². The fourth-order valence-electron chi connectivity index (χ4n) is 0.743. The highest BCUT2D eigenvalue weighted by molar-refractivity contribution is 6.30. The van der Waals surface area contributed by atoms with E-state index in [0.29, 0.717) is 10.2 Å². The van der Waals surface area contributed by atoms with E-state index in [1.165, 1.54) is 0 Å². The molecular formula is C7H10N2OSi. The van der Waals surface area contributed by atoms with Crippen molar-refractivity contribution < 1.29 is 4.79 Å². The van der Waals surface area contributed by atoms with E-state index in [-0.39, 0.29) is 5.91 Å². The number of aliphatic imine (C=N–C) groups is 1. The van der Waals surface area contributed by atoms with Gasteiger partial charge >= 0.3 is 0 Å². The second-order valence-electron chi connectivity index (χ2n) is 2.53.